The zero-order valence-electron chi connectivity index (χ0n) is 7.86. The molecule has 2 rings (SSSR count). The zero-order chi connectivity index (χ0) is 9.47. The van der Waals surface area contributed by atoms with Crippen LogP contribution in [-0.2, 0) is 10.0 Å². The molecule has 0 aromatic carbocycles. The van der Waals surface area contributed by atoms with Gasteiger partial charge in [0.15, 0.2) is 0 Å². The van der Waals surface area contributed by atoms with E-state index in [2.05, 4.69) is 9.62 Å². The number of hydrogen-bond acceptors (Lipinski definition) is 3. The van der Waals surface area contributed by atoms with Gasteiger partial charge in [-0.3, -0.25) is 4.90 Å². The molecule has 1 N–H and O–H groups in total. The molecule has 1 aliphatic heterocycles. The van der Waals surface area contributed by atoms with Gasteiger partial charge in [-0.15, -0.1) is 0 Å². The number of nitrogens with zero attached hydrogens (tertiary/aromatic N) is 1. The van der Waals surface area contributed by atoms with Crippen molar-refractivity contribution in [3.8, 4) is 0 Å². The molecule has 2 fully saturated rings. The van der Waals surface area contributed by atoms with Crippen LogP contribution in [0.3, 0.4) is 0 Å². The molecule has 1 aliphatic carbocycles. The largest absolute Gasteiger partial charge is 0.299 e. The predicted octanol–water partition coefficient (Wildman–Crippen LogP) is -0.228. The lowest BCUT2D eigenvalue weighted by Crippen LogP contribution is -2.34. The molecule has 4 nitrogen and oxygen atoms in total. The summed E-state index contributed by atoms with van der Waals surface area (Å²) in [4.78, 5) is 2.31. The van der Waals surface area contributed by atoms with E-state index in [0.29, 0.717) is 6.04 Å². The number of hydrogen-bond donors (Lipinski definition) is 1. The Balaban J connectivity index is 1.97. The van der Waals surface area contributed by atoms with E-state index in [1.165, 1.54) is 19.9 Å². The van der Waals surface area contributed by atoms with E-state index in [1.807, 2.05) is 0 Å². The Labute approximate surface area is 79.4 Å². The van der Waals surface area contributed by atoms with Crippen LogP contribution in [0.4, 0.5) is 0 Å². The molecule has 76 valence electrons. The fraction of sp³-hybridized carbons (Fsp3) is 1.00. The van der Waals surface area contributed by atoms with Gasteiger partial charge in [0.1, 0.15) is 0 Å². The van der Waals surface area contributed by atoms with Gasteiger partial charge in [0.2, 0.25) is 10.0 Å². The van der Waals surface area contributed by atoms with Gasteiger partial charge in [-0.25, -0.2) is 13.1 Å². The standard InChI is InChI=1S/C8H16N2O2S/c1-9-13(11,12)8-4-5-10(6-8)7-2-3-7/h7-9H,2-6H2,1H3. The summed E-state index contributed by atoms with van der Waals surface area (Å²) in [5, 5.41) is -0.182. The highest BCUT2D eigenvalue weighted by molar-refractivity contribution is 7.90. The molecule has 0 radical (unpaired) electrons. The molecule has 1 saturated carbocycles. The first-order chi connectivity index (χ1) is 6.13. The summed E-state index contributed by atoms with van der Waals surface area (Å²) in [6.07, 6.45) is 3.30. The highest BCUT2D eigenvalue weighted by Crippen LogP contribution is 2.31. The Morgan fingerprint density at radius 3 is 2.54 bits per heavy atom. The Hall–Kier alpha value is -0.130. The van der Waals surface area contributed by atoms with Crippen molar-refractivity contribution in [1.29, 1.82) is 0 Å². The van der Waals surface area contributed by atoms with Crippen LogP contribution in [0, 0.1) is 0 Å². The van der Waals surface area contributed by atoms with Gasteiger partial charge in [-0.05, 0) is 32.9 Å². The molecule has 0 amide bonds. The van der Waals surface area contributed by atoms with Gasteiger partial charge in [-0.2, -0.15) is 0 Å². The smallest absolute Gasteiger partial charge is 0.215 e. The van der Waals surface area contributed by atoms with Gasteiger partial charge in [0.25, 0.3) is 0 Å². The van der Waals surface area contributed by atoms with Crippen molar-refractivity contribution < 1.29 is 8.42 Å². The molecule has 0 spiro atoms. The lowest BCUT2D eigenvalue weighted by atomic mass is 10.4. The minimum Gasteiger partial charge on any atom is -0.299 e. The van der Waals surface area contributed by atoms with Gasteiger partial charge in [0, 0.05) is 12.6 Å². The third kappa shape index (κ3) is 1.87. The molecule has 0 aromatic heterocycles. The van der Waals surface area contributed by atoms with Crippen molar-refractivity contribution in [2.24, 2.45) is 0 Å². The summed E-state index contributed by atoms with van der Waals surface area (Å²) >= 11 is 0. The summed E-state index contributed by atoms with van der Waals surface area (Å²) in [5.41, 5.74) is 0. The van der Waals surface area contributed by atoms with E-state index in [9.17, 15) is 8.42 Å². The average Bonchev–Trinajstić information content (AvgIpc) is 2.83. The Morgan fingerprint density at radius 1 is 1.31 bits per heavy atom. The van der Waals surface area contributed by atoms with Crippen LogP contribution in [0.5, 0.6) is 0 Å². The number of rotatable bonds is 3. The quantitative estimate of drug-likeness (QED) is 0.691. The zero-order valence-corrected chi connectivity index (χ0v) is 8.68. The van der Waals surface area contributed by atoms with Crippen LogP contribution < -0.4 is 4.72 Å². The molecule has 0 bridgehead atoms. The maximum absolute atomic E-state index is 11.5. The summed E-state index contributed by atoms with van der Waals surface area (Å²) in [7, 11) is -1.53. The highest BCUT2D eigenvalue weighted by Gasteiger charge is 2.38. The average molecular weight is 204 g/mol. The lowest BCUT2D eigenvalue weighted by Gasteiger charge is -2.14. The molecule has 1 unspecified atom stereocenters. The minimum absolute atomic E-state index is 0.182. The van der Waals surface area contributed by atoms with Crippen LogP contribution in [0.2, 0.25) is 0 Å². The van der Waals surface area contributed by atoms with Crippen LogP contribution in [0.1, 0.15) is 19.3 Å². The van der Waals surface area contributed by atoms with Crippen molar-refractivity contribution in [2.75, 3.05) is 20.1 Å². The Morgan fingerprint density at radius 2 is 2.00 bits per heavy atom. The second-order valence-electron chi connectivity index (χ2n) is 3.89. The van der Waals surface area contributed by atoms with Gasteiger partial charge >= 0.3 is 0 Å². The van der Waals surface area contributed by atoms with E-state index in [4.69, 9.17) is 0 Å². The summed E-state index contributed by atoms with van der Waals surface area (Å²) in [6, 6.07) is 0.692. The maximum Gasteiger partial charge on any atom is 0.215 e. The van der Waals surface area contributed by atoms with Crippen molar-refractivity contribution in [3.63, 3.8) is 0 Å². The first-order valence-corrected chi connectivity index (χ1v) is 6.34. The van der Waals surface area contributed by atoms with Crippen LogP contribution >= 0.6 is 0 Å². The second kappa shape index (κ2) is 3.22. The molecule has 2 aliphatic rings. The number of sulfonamides is 1. The molecule has 0 aromatic rings. The first kappa shape index (κ1) is 9.43. The van der Waals surface area contributed by atoms with E-state index < -0.39 is 10.0 Å². The molecule has 1 atom stereocenters. The minimum atomic E-state index is -3.03. The van der Waals surface area contributed by atoms with Crippen LogP contribution in [-0.4, -0.2) is 44.7 Å². The molecule has 1 saturated heterocycles. The predicted molar refractivity (Wildman–Crippen MR) is 51.0 cm³/mol. The van der Waals surface area contributed by atoms with E-state index in [0.717, 1.165) is 19.5 Å². The fourth-order valence-corrected chi connectivity index (χ4v) is 3.08. The SMILES string of the molecule is CNS(=O)(=O)C1CCN(C2CC2)C1. The first-order valence-electron chi connectivity index (χ1n) is 4.80. The molecular formula is C8H16N2O2S. The highest BCUT2D eigenvalue weighted by atomic mass is 32.2. The van der Waals surface area contributed by atoms with Gasteiger partial charge in [0.05, 0.1) is 5.25 Å². The van der Waals surface area contributed by atoms with E-state index in [-0.39, 0.29) is 5.25 Å². The number of nitrogens with one attached hydrogen (secondary N) is 1. The summed E-state index contributed by atoms with van der Waals surface area (Å²) < 4.78 is 25.3. The summed E-state index contributed by atoms with van der Waals surface area (Å²) in [5.74, 6) is 0. The summed E-state index contributed by atoms with van der Waals surface area (Å²) in [6.45, 7) is 1.68. The van der Waals surface area contributed by atoms with Crippen LogP contribution in [0.15, 0.2) is 0 Å². The Bertz CT molecular complexity index is 285. The van der Waals surface area contributed by atoms with Gasteiger partial charge in [-0.1, -0.05) is 0 Å². The van der Waals surface area contributed by atoms with Crippen molar-refractivity contribution >= 4 is 10.0 Å². The third-order valence-electron chi connectivity index (χ3n) is 2.96. The molecular weight excluding hydrogens is 188 g/mol. The normalized spacial score (nSPS) is 31.0. The fourth-order valence-electron chi connectivity index (χ4n) is 1.95. The third-order valence-corrected chi connectivity index (χ3v) is 4.79. The van der Waals surface area contributed by atoms with Gasteiger partial charge < -0.3 is 0 Å². The second-order valence-corrected chi connectivity index (χ2v) is 6.05. The topological polar surface area (TPSA) is 49.4 Å². The van der Waals surface area contributed by atoms with Crippen molar-refractivity contribution in [1.82, 2.24) is 9.62 Å². The van der Waals surface area contributed by atoms with E-state index in [1.54, 1.807) is 0 Å². The van der Waals surface area contributed by atoms with E-state index >= 15 is 0 Å². The van der Waals surface area contributed by atoms with Crippen molar-refractivity contribution in [3.05, 3.63) is 0 Å². The maximum atomic E-state index is 11.5. The molecule has 13 heavy (non-hydrogen) atoms. The van der Waals surface area contributed by atoms with Crippen molar-refractivity contribution in [2.45, 2.75) is 30.6 Å². The van der Waals surface area contributed by atoms with Crippen LogP contribution in [0.25, 0.3) is 0 Å². The molecule has 5 heteroatoms. The Kier molecular flexibility index (Phi) is 2.33. The number of likely N-dealkylation sites (tertiary alicyclic amines) is 1. The molecule has 1 heterocycles. The lowest BCUT2D eigenvalue weighted by molar-refractivity contribution is 0.328. The monoisotopic (exact) mass is 204 g/mol.